The van der Waals surface area contributed by atoms with Crippen LogP contribution in [0.15, 0.2) is 35.3 Å². The molecule has 2 saturated heterocycles. The van der Waals surface area contributed by atoms with Crippen molar-refractivity contribution in [2.75, 3.05) is 39.8 Å². The summed E-state index contributed by atoms with van der Waals surface area (Å²) in [5.74, 6) is 0.697. The minimum Gasteiger partial charge on any atom is -0.386 e. The Morgan fingerprint density at radius 2 is 2.30 bits per heavy atom. The number of thiophene rings is 1. The third kappa shape index (κ3) is 4.43. The van der Waals surface area contributed by atoms with Gasteiger partial charge in [0.25, 0.3) is 0 Å². The first-order valence-electron chi connectivity index (χ1n) is 9.69. The highest BCUT2D eigenvalue weighted by Gasteiger charge is 2.32. The molecule has 146 valence electrons. The summed E-state index contributed by atoms with van der Waals surface area (Å²) >= 11 is 1.63. The minimum absolute atomic E-state index is 0.186. The molecule has 0 bridgehead atoms. The SMILES string of the molecule is CN=C(NCC1CN2CCCC2CO1)NCC(O)c1cc2ccccc2s1. The van der Waals surface area contributed by atoms with Crippen molar-refractivity contribution in [2.24, 2.45) is 4.99 Å². The number of rotatable bonds is 5. The number of guanidine groups is 1. The molecule has 3 heterocycles. The molecule has 3 unspecified atom stereocenters. The maximum absolute atomic E-state index is 10.5. The number of hydrogen-bond donors (Lipinski definition) is 3. The van der Waals surface area contributed by atoms with E-state index in [2.05, 4.69) is 38.7 Å². The lowest BCUT2D eigenvalue weighted by Crippen LogP contribution is -2.51. The second kappa shape index (κ2) is 8.56. The molecule has 1 aromatic heterocycles. The predicted molar refractivity (Wildman–Crippen MR) is 110 cm³/mol. The van der Waals surface area contributed by atoms with Crippen LogP contribution < -0.4 is 10.6 Å². The molecule has 6 nitrogen and oxygen atoms in total. The zero-order valence-electron chi connectivity index (χ0n) is 15.7. The van der Waals surface area contributed by atoms with Gasteiger partial charge in [-0.25, -0.2) is 0 Å². The quantitative estimate of drug-likeness (QED) is 0.540. The maximum Gasteiger partial charge on any atom is 0.191 e. The maximum atomic E-state index is 10.5. The lowest BCUT2D eigenvalue weighted by molar-refractivity contribution is -0.0453. The summed E-state index contributed by atoms with van der Waals surface area (Å²) in [7, 11) is 1.75. The van der Waals surface area contributed by atoms with E-state index in [0.29, 0.717) is 18.5 Å². The Balaban J connectivity index is 1.25. The Kier molecular flexibility index (Phi) is 5.92. The molecule has 4 rings (SSSR count). The summed E-state index contributed by atoms with van der Waals surface area (Å²) in [6.07, 6.45) is 2.18. The fraction of sp³-hybridized carbons (Fsp3) is 0.550. The van der Waals surface area contributed by atoms with Gasteiger partial charge >= 0.3 is 0 Å². The van der Waals surface area contributed by atoms with Crippen molar-refractivity contribution in [1.82, 2.24) is 15.5 Å². The second-order valence-corrected chi connectivity index (χ2v) is 8.40. The molecular weight excluding hydrogens is 360 g/mol. The lowest BCUT2D eigenvalue weighted by Gasteiger charge is -2.35. The molecule has 0 aliphatic carbocycles. The molecule has 0 spiro atoms. The molecule has 27 heavy (non-hydrogen) atoms. The summed E-state index contributed by atoms with van der Waals surface area (Å²) in [4.78, 5) is 7.77. The Morgan fingerprint density at radius 1 is 1.41 bits per heavy atom. The van der Waals surface area contributed by atoms with Gasteiger partial charge in [-0.3, -0.25) is 9.89 Å². The van der Waals surface area contributed by atoms with E-state index in [1.807, 2.05) is 12.1 Å². The van der Waals surface area contributed by atoms with Gasteiger partial charge < -0.3 is 20.5 Å². The van der Waals surface area contributed by atoms with Crippen molar-refractivity contribution in [3.05, 3.63) is 35.2 Å². The third-order valence-electron chi connectivity index (χ3n) is 5.42. The van der Waals surface area contributed by atoms with Crippen molar-refractivity contribution >= 4 is 27.4 Å². The van der Waals surface area contributed by atoms with Crippen LogP contribution in [0.4, 0.5) is 0 Å². The summed E-state index contributed by atoms with van der Waals surface area (Å²) in [5.41, 5.74) is 0. The van der Waals surface area contributed by atoms with Gasteiger partial charge in [-0.15, -0.1) is 11.3 Å². The van der Waals surface area contributed by atoms with Gasteiger partial charge in [-0.1, -0.05) is 18.2 Å². The summed E-state index contributed by atoms with van der Waals surface area (Å²) in [6.45, 7) is 4.16. The second-order valence-electron chi connectivity index (χ2n) is 7.28. The average molecular weight is 389 g/mol. The Bertz CT molecular complexity index is 760. The predicted octanol–water partition coefficient (Wildman–Crippen LogP) is 1.96. The van der Waals surface area contributed by atoms with Gasteiger partial charge in [0.2, 0.25) is 0 Å². The lowest BCUT2D eigenvalue weighted by atomic mass is 10.2. The minimum atomic E-state index is -0.558. The number of nitrogens with zero attached hydrogens (tertiary/aromatic N) is 2. The van der Waals surface area contributed by atoms with E-state index in [1.54, 1.807) is 18.4 Å². The Morgan fingerprint density at radius 3 is 3.15 bits per heavy atom. The van der Waals surface area contributed by atoms with Crippen LogP contribution in [0.3, 0.4) is 0 Å². The molecule has 3 N–H and O–H groups in total. The van der Waals surface area contributed by atoms with Crippen molar-refractivity contribution in [3.63, 3.8) is 0 Å². The molecule has 7 heteroatoms. The fourth-order valence-electron chi connectivity index (χ4n) is 3.90. The van der Waals surface area contributed by atoms with Crippen molar-refractivity contribution in [3.8, 4) is 0 Å². The van der Waals surface area contributed by atoms with Gasteiger partial charge in [-0.05, 0) is 36.9 Å². The van der Waals surface area contributed by atoms with Gasteiger partial charge in [0.1, 0.15) is 6.10 Å². The van der Waals surface area contributed by atoms with E-state index in [0.717, 1.165) is 24.6 Å². The van der Waals surface area contributed by atoms with Crippen molar-refractivity contribution < 1.29 is 9.84 Å². The number of hydrogen-bond acceptors (Lipinski definition) is 5. The number of aliphatic hydroxyl groups is 1. The van der Waals surface area contributed by atoms with E-state index in [-0.39, 0.29) is 6.10 Å². The molecule has 1 aromatic carbocycles. The van der Waals surface area contributed by atoms with Crippen LogP contribution in [0.1, 0.15) is 23.8 Å². The summed E-state index contributed by atoms with van der Waals surface area (Å²) < 4.78 is 7.18. The fourth-order valence-corrected chi connectivity index (χ4v) is 4.95. The van der Waals surface area contributed by atoms with Crippen LogP contribution in [0, 0.1) is 0 Å². The van der Waals surface area contributed by atoms with Crippen LogP contribution in [-0.4, -0.2) is 67.9 Å². The van der Waals surface area contributed by atoms with Crippen LogP contribution in [0.2, 0.25) is 0 Å². The smallest absolute Gasteiger partial charge is 0.191 e. The van der Waals surface area contributed by atoms with E-state index in [1.165, 1.54) is 29.5 Å². The molecule has 0 saturated carbocycles. The first kappa shape index (κ1) is 18.7. The third-order valence-corrected chi connectivity index (χ3v) is 6.64. The molecule has 2 fully saturated rings. The average Bonchev–Trinajstić information content (AvgIpc) is 3.34. The molecule has 2 aliphatic heterocycles. The van der Waals surface area contributed by atoms with Crippen molar-refractivity contribution in [2.45, 2.75) is 31.1 Å². The standard InChI is InChI=1S/C20H28N4O2S/c1-21-20(22-10-16-12-24-8-4-6-15(24)13-26-16)23-11-17(25)19-9-14-5-2-3-7-18(14)27-19/h2-3,5,7,9,15-17,25H,4,6,8,10-13H2,1H3,(H2,21,22,23). The number of nitrogens with one attached hydrogen (secondary N) is 2. The molecule has 3 atom stereocenters. The van der Waals surface area contributed by atoms with Crippen molar-refractivity contribution in [1.29, 1.82) is 0 Å². The first-order valence-corrected chi connectivity index (χ1v) is 10.5. The zero-order valence-corrected chi connectivity index (χ0v) is 16.5. The number of ether oxygens (including phenoxy) is 1. The topological polar surface area (TPSA) is 69.1 Å². The van der Waals surface area contributed by atoms with E-state index in [4.69, 9.17) is 4.74 Å². The van der Waals surface area contributed by atoms with Gasteiger partial charge in [-0.2, -0.15) is 0 Å². The van der Waals surface area contributed by atoms with E-state index >= 15 is 0 Å². The van der Waals surface area contributed by atoms with Gasteiger partial charge in [0.15, 0.2) is 5.96 Å². The van der Waals surface area contributed by atoms with Crippen LogP contribution in [0.25, 0.3) is 10.1 Å². The van der Waals surface area contributed by atoms with Gasteiger partial charge in [0, 0.05) is 42.3 Å². The molecule has 0 amide bonds. The number of aliphatic imine (C=N–C) groups is 1. The first-order chi connectivity index (χ1) is 13.2. The number of fused-ring (bicyclic) bond motifs is 2. The van der Waals surface area contributed by atoms with Crippen LogP contribution >= 0.6 is 11.3 Å². The number of benzene rings is 1. The normalized spacial score (nSPS) is 24.7. The highest BCUT2D eigenvalue weighted by molar-refractivity contribution is 7.19. The van der Waals surface area contributed by atoms with Crippen LogP contribution in [0.5, 0.6) is 0 Å². The zero-order chi connectivity index (χ0) is 18.6. The highest BCUT2D eigenvalue weighted by atomic mass is 32.1. The Hall–Kier alpha value is -1.67. The summed E-state index contributed by atoms with van der Waals surface area (Å²) in [6, 6.07) is 10.9. The van der Waals surface area contributed by atoms with E-state index in [9.17, 15) is 5.11 Å². The highest BCUT2D eigenvalue weighted by Crippen LogP contribution is 2.29. The molecule has 2 aromatic rings. The number of morpholine rings is 1. The summed E-state index contributed by atoms with van der Waals surface area (Å²) in [5, 5.41) is 18.3. The molecule has 0 radical (unpaired) electrons. The largest absolute Gasteiger partial charge is 0.386 e. The molecule has 2 aliphatic rings. The van der Waals surface area contributed by atoms with Gasteiger partial charge in [0.05, 0.1) is 12.7 Å². The monoisotopic (exact) mass is 388 g/mol. The molecular formula is C20H28N4O2S. The van der Waals surface area contributed by atoms with Crippen LogP contribution in [-0.2, 0) is 4.74 Å². The number of aliphatic hydroxyl groups excluding tert-OH is 1. The Labute approximate surface area is 164 Å². The van der Waals surface area contributed by atoms with E-state index < -0.39 is 6.10 Å².